The standard InChI is InChI=1S/C19H21N3OS/c1-2-5-15(6-3-1)8-9-17-7-4-11-22(17)13-18-20-19(21-23-18)16-10-12-24-14-16/h1-3,5-6,10,12,14,17H,4,7-9,11,13H2. The fourth-order valence-electron chi connectivity index (χ4n) is 3.41. The second-order valence-electron chi connectivity index (χ2n) is 6.31. The molecule has 5 heteroatoms. The molecule has 2 aromatic heterocycles. The summed E-state index contributed by atoms with van der Waals surface area (Å²) in [4.78, 5) is 7.05. The van der Waals surface area contributed by atoms with E-state index in [9.17, 15) is 0 Å². The van der Waals surface area contributed by atoms with Crippen molar-refractivity contribution in [3.63, 3.8) is 0 Å². The lowest BCUT2D eigenvalue weighted by Gasteiger charge is -2.22. The van der Waals surface area contributed by atoms with Crippen LogP contribution in [0.4, 0.5) is 0 Å². The lowest BCUT2D eigenvalue weighted by molar-refractivity contribution is 0.203. The number of thiophene rings is 1. The van der Waals surface area contributed by atoms with Crippen molar-refractivity contribution >= 4 is 11.3 Å². The molecule has 0 amide bonds. The molecule has 1 atom stereocenters. The molecule has 0 spiro atoms. The predicted octanol–water partition coefficient (Wildman–Crippen LogP) is 4.40. The van der Waals surface area contributed by atoms with Gasteiger partial charge in [-0.2, -0.15) is 16.3 Å². The van der Waals surface area contributed by atoms with Gasteiger partial charge in [-0.25, -0.2) is 0 Å². The Morgan fingerprint density at radius 3 is 2.96 bits per heavy atom. The maximum Gasteiger partial charge on any atom is 0.241 e. The summed E-state index contributed by atoms with van der Waals surface area (Å²) in [5, 5.41) is 8.20. The fourth-order valence-corrected chi connectivity index (χ4v) is 4.04. The van der Waals surface area contributed by atoms with Gasteiger partial charge in [-0.15, -0.1) is 0 Å². The first-order valence-corrected chi connectivity index (χ1v) is 9.46. The minimum Gasteiger partial charge on any atom is -0.338 e. The average molecular weight is 339 g/mol. The summed E-state index contributed by atoms with van der Waals surface area (Å²) in [6, 6.07) is 13.4. The van der Waals surface area contributed by atoms with E-state index in [4.69, 9.17) is 4.52 Å². The van der Waals surface area contributed by atoms with E-state index in [1.165, 1.54) is 24.8 Å². The molecule has 24 heavy (non-hydrogen) atoms. The van der Waals surface area contributed by atoms with Gasteiger partial charge in [-0.05, 0) is 49.2 Å². The van der Waals surface area contributed by atoms with Crippen molar-refractivity contribution in [2.24, 2.45) is 0 Å². The average Bonchev–Trinajstić information content (AvgIpc) is 3.36. The van der Waals surface area contributed by atoms with Gasteiger partial charge in [0.15, 0.2) is 0 Å². The number of benzene rings is 1. The molecule has 4 rings (SSSR count). The smallest absolute Gasteiger partial charge is 0.241 e. The zero-order valence-electron chi connectivity index (χ0n) is 13.6. The van der Waals surface area contributed by atoms with Crippen LogP contribution in [-0.2, 0) is 13.0 Å². The van der Waals surface area contributed by atoms with Gasteiger partial charge in [0, 0.05) is 17.0 Å². The second kappa shape index (κ2) is 7.28. The zero-order valence-corrected chi connectivity index (χ0v) is 14.4. The van der Waals surface area contributed by atoms with Crippen molar-refractivity contribution in [1.82, 2.24) is 15.0 Å². The van der Waals surface area contributed by atoms with Crippen LogP contribution >= 0.6 is 11.3 Å². The number of aromatic nitrogens is 2. The van der Waals surface area contributed by atoms with E-state index in [2.05, 4.69) is 45.4 Å². The van der Waals surface area contributed by atoms with Crippen LogP contribution in [0.1, 0.15) is 30.7 Å². The van der Waals surface area contributed by atoms with Crippen molar-refractivity contribution in [3.05, 3.63) is 58.6 Å². The summed E-state index contributed by atoms with van der Waals surface area (Å²) in [7, 11) is 0. The number of rotatable bonds is 6. The Bertz CT molecular complexity index is 754. The molecule has 1 aliphatic rings. The van der Waals surface area contributed by atoms with Crippen LogP contribution < -0.4 is 0 Å². The molecule has 0 radical (unpaired) electrons. The molecule has 1 aromatic carbocycles. The molecule has 1 aliphatic heterocycles. The largest absolute Gasteiger partial charge is 0.338 e. The van der Waals surface area contributed by atoms with Crippen molar-refractivity contribution < 1.29 is 4.52 Å². The van der Waals surface area contributed by atoms with Gasteiger partial charge in [0.2, 0.25) is 11.7 Å². The van der Waals surface area contributed by atoms with E-state index in [1.807, 2.05) is 16.8 Å². The van der Waals surface area contributed by atoms with Crippen LogP contribution in [0.5, 0.6) is 0 Å². The third kappa shape index (κ3) is 3.57. The Kier molecular flexibility index (Phi) is 4.71. The van der Waals surface area contributed by atoms with Crippen LogP contribution in [0.25, 0.3) is 11.4 Å². The van der Waals surface area contributed by atoms with Gasteiger partial charge in [0.25, 0.3) is 0 Å². The molecule has 0 bridgehead atoms. The van der Waals surface area contributed by atoms with Gasteiger partial charge in [0.1, 0.15) is 0 Å². The minimum absolute atomic E-state index is 0.613. The van der Waals surface area contributed by atoms with E-state index in [1.54, 1.807) is 11.3 Å². The van der Waals surface area contributed by atoms with Crippen molar-refractivity contribution in [1.29, 1.82) is 0 Å². The van der Waals surface area contributed by atoms with Crippen molar-refractivity contribution in [2.45, 2.75) is 38.3 Å². The zero-order chi connectivity index (χ0) is 16.2. The Labute approximate surface area is 146 Å². The summed E-state index contributed by atoms with van der Waals surface area (Å²) in [6.45, 7) is 1.88. The fraction of sp³-hybridized carbons (Fsp3) is 0.368. The maximum atomic E-state index is 5.46. The molecular formula is C19H21N3OS. The highest BCUT2D eigenvalue weighted by Crippen LogP contribution is 2.25. The molecule has 1 saturated heterocycles. The van der Waals surface area contributed by atoms with Gasteiger partial charge < -0.3 is 4.52 Å². The van der Waals surface area contributed by atoms with E-state index in [0.29, 0.717) is 11.9 Å². The molecule has 1 fully saturated rings. The molecule has 3 heterocycles. The number of nitrogens with zero attached hydrogens (tertiary/aromatic N) is 3. The van der Waals surface area contributed by atoms with E-state index in [0.717, 1.165) is 31.0 Å². The monoisotopic (exact) mass is 339 g/mol. The van der Waals surface area contributed by atoms with Gasteiger partial charge in [-0.3, -0.25) is 4.90 Å². The van der Waals surface area contributed by atoms with Crippen LogP contribution in [0.3, 0.4) is 0 Å². The summed E-state index contributed by atoms with van der Waals surface area (Å²) < 4.78 is 5.46. The van der Waals surface area contributed by atoms with Crippen LogP contribution in [-0.4, -0.2) is 27.6 Å². The van der Waals surface area contributed by atoms with Crippen molar-refractivity contribution in [3.8, 4) is 11.4 Å². The van der Waals surface area contributed by atoms with Crippen molar-refractivity contribution in [2.75, 3.05) is 6.54 Å². The highest BCUT2D eigenvalue weighted by molar-refractivity contribution is 7.08. The molecule has 0 N–H and O–H groups in total. The predicted molar refractivity (Wildman–Crippen MR) is 95.8 cm³/mol. The van der Waals surface area contributed by atoms with Gasteiger partial charge in [0.05, 0.1) is 6.54 Å². The van der Waals surface area contributed by atoms with Crippen LogP contribution in [0.2, 0.25) is 0 Å². The summed E-state index contributed by atoms with van der Waals surface area (Å²) >= 11 is 1.65. The Balaban J connectivity index is 1.37. The number of likely N-dealkylation sites (tertiary alicyclic amines) is 1. The Morgan fingerprint density at radius 2 is 2.12 bits per heavy atom. The number of hydrogen-bond acceptors (Lipinski definition) is 5. The summed E-state index contributed by atoms with van der Waals surface area (Å²) in [5.41, 5.74) is 2.46. The number of hydrogen-bond donors (Lipinski definition) is 0. The maximum absolute atomic E-state index is 5.46. The molecular weight excluding hydrogens is 318 g/mol. The molecule has 124 valence electrons. The first-order chi connectivity index (χ1) is 11.9. The van der Waals surface area contributed by atoms with E-state index in [-0.39, 0.29) is 0 Å². The molecule has 0 aliphatic carbocycles. The molecule has 3 aromatic rings. The Morgan fingerprint density at radius 1 is 1.21 bits per heavy atom. The first kappa shape index (κ1) is 15.5. The normalized spacial score (nSPS) is 18.2. The molecule has 0 saturated carbocycles. The van der Waals surface area contributed by atoms with Gasteiger partial charge >= 0.3 is 0 Å². The third-order valence-electron chi connectivity index (χ3n) is 4.69. The van der Waals surface area contributed by atoms with Crippen LogP contribution in [0.15, 0.2) is 51.7 Å². The summed E-state index contributed by atoms with van der Waals surface area (Å²) in [6.07, 6.45) is 4.84. The molecule has 4 nitrogen and oxygen atoms in total. The highest BCUT2D eigenvalue weighted by atomic mass is 32.1. The van der Waals surface area contributed by atoms with Gasteiger partial charge in [-0.1, -0.05) is 35.5 Å². The van der Waals surface area contributed by atoms with Crippen LogP contribution in [0, 0.1) is 0 Å². The summed E-state index contributed by atoms with van der Waals surface area (Å²) in [5.74, 6) is 1.43. The SMILES string of the molecule is c1ccc(CCC2CCCN2Cc2nc(-c3ccsc3)no2)cc1. The first-order valence-electron chi connectivity index (χ1n) is 8.51. The highest BCUT2D eigenvalue weighted by Gasteiger charge is 2.26. The third-order valence-corrected chi connectivity index (χ3v) is 5.38. The Hall–Kier alpha value is -1.98. The quantitative estimate of drug-likeness (QED) is 0.668. The minimum atomic E-state index is 0.613. The van der Waals surface area contributed by atoms with E-state index >= 15 is 0 Å². The second-order valence-corrected chi connectivity index (χ2v) is 7.09. The van der Waals surface area contributed by atoms with E-state index < -0.39 is 0 Å². The topological polar surface area (TPSA) is 42.2 Å². The number of aryl methyl sites for hydroxylation is 1. The lowest BCUT2D eigenvalue weighted by Crippen LogP contribution is -2.29. The molecule has 1 unspecified atom stereocenters. The lowest BCUT2D eigenvalue weighted by atomic mass is 10.0.